The number of carbonyl (C=O) groups excluding carboxylic acids is 7. The van der Waals surface area contributed by atoms with Gasteiger partial charge in [-0.15, -0.1) is 0 Å². The lowest BCUT2D eigenvalue weighted by Gasteiger charge is -2.42. The molecule has 40 heteroatoms. The highest BCUT2D eigenvalue weighted by molar-refractivity contribution is 6.10. The van der Waals surface area contributed by atoms with Crippen LogP contribution in [0, 0.1) is 0 Å². The second-order valence-electron chi connectivity index (χ2n) is 22.0. The van der Waals surface area contributed by atoms with Crippen LogP contribution in [-0.4, -0.2) is 234 Å². The molecule has 2 saturated heterocycles. The van der Waals surface area contributed by atoms with Crippen LogP contribution < -0.4 is 4.74 Å². The molecule has 7 aromatic rings. The maximum absolute atomic E-state index is 14.8. The molecule has 7 aromatic carbocycles. The first-order chi connectivity index (χ1) is 47.5. The number of hydrogen-bond donors (Lipinski definition) is 23. The standard InChI is InChI=1S/C61H46O40/c62-19-1-12(2-20(63)34(19)70)53(83)99-50-46(82)60(90)95-28-10-93-56(86)17-9-27(40(76)44(80)33(17)32-16(57(87)97-48(28)50)7-25(68)38(74)43(32)79)94-47-18(8-26(69)39(75)45(47)81)59(89)101-52-51(100-54(84)13-3-21(64)35(71)22(65)4-13)49-29(96-61(52)91)11-92-55(85)14-5-23(66)36(72)41(77)30(14)31-15(58(88)98-49)6-24(67)37(73)42(31)78/h1-9,28-29,46,48-52,60-82,90-91H,10-11H2. The minimum atomic E-state index is -2.84. The predicted molar refractivity (Wildman–Crippen MR) is 311 cm³/mol. The molecule has 11 rings (SSSR count). The molecule has 10 atom stereocenters. The molecule has 4 aliphatic heterocycles. The van der Waals surface area contributed by atoms with Crippen LogP contribution in [0.4, 0.5) is 0 Å². The first-order valence-electron chi connectivity index (χ1n) is 28.1. The number of carbonyl (C=O) groups is 7. The summed E-state index contributed by atoms with van der Waals surface area (Å²) in [7, 11) is 0. The zero-order valence-electron chi connectivity index (χ0n) is 49.6. The number of aromatic hydroxyl groups is 20. The molecule has 4 heterocycles. The summed E-state index contributed by atoms with van der Waals surface area (Å²) < 4.78 is 54.8. The number of cyclic esters (lactones) is 2. The lowest BCUT2D eigenvalue weighted by Crippen LogP contribution is -2.62. The topological polar surface area (TPSA) is 677 Å². The Morgan fingerprint density at radius 1 is 0.347 bits per heavy atom. The molecule has 530 valence electrons. The SMILES string of the molecule is O=C(OC1C(O)C(O)OC2COC(=O)c3cc(Oc4c(C(=O)OC5C(O)OC6COC(=O)c7cc(O)c(O)c(O)c7-c7c(cc(O)c(O)c7O)C(=O)OC6C5OC(=O)c5cc(O)c(O)c(O)c5)cc(O)c(O)c4O)c(O)c(O)c3-c3c(cc(O)c(O)c3O)C(=O)OC21)c1cc(O)c(O)c(O)c1. The maximum atomic E-state index is 14.8. The fraction of sp³-hybridized carbons (Fsp3) is 0.197. The van der Waals surface area contributed by atoms with Gasteiger partial charge in [0.15, 0.2) is 135 Å². The highest BCUT2D eigenvalue weighted by Crippen LogP contribution is 2.57. The zero-order chi connectivity index (χ0) is 73.7. The van der Waals surface area contributed by atoms with Crippen LogP contribution in [0.3, 0.4) is 0 Å². The number of fused-ring (bicyclic) bond motifs is 8. The number of phenols is 20. The molecule has 0 aliphatic carbocycles. The number of aliphatic hydroxyl groups is 3. The van der Waals surface area contributed by atoms with Gasteiger partial charge < -0.3 is 165 Å². The number of benzene rings is 7. The highest BCUT2D eigenvalue weighted by Gasteiger charge is 2.55. The van der Waals surface area contributed by atoms with E-state index in [0.717, 1.165) is 0 Å². The Labute approximate surface area is 555 Å². The molecule has 0 radical (unpaired) electrons. The normalized spacial score (nSPS) is 21.8. The van der Waals surface area contributed by atoms with Gasteiger partial charge in [-0.25, -0.2) is 33.6 Å². The lowest BCUT2D eigenvalue weighted by molar-refractivity contribution is -0.285. The third-order valence-electron chi connectivity index (χ3n) is 15.8. The maximum Gasteiger partial charge on any atom is 0.342 e. The highest BCUT2D eigenvalue weighted by atomic mass is 16.7. The van der Waals surface area contributed by atoms with Crippen molar-refractivity contribution in [2.45, 2.75) is 61.4 Å². The van der Waals surface area contributed by atoms with E-state index >= 15 is 0 Å². The van der Waals surface area contributed by atoms with E-state index in [1.807, 2.05) is 0 Å². The fourth-order valence-corrected chi connectivity index (χ4v) is 10.9. The lowest BCUT2D eigenvalue weighted by atomic mass is 9.91. The van der Waals surface area contributed by atoms with Crippen molar-refractivity contribution >= 4 is 41.8 Å². The number of rotatable bonds is 8. The van der Waals surface area contributed by atoms with E-state index in [4.69, 9.17) is 47.4 Å². The Bertz CT molecular complexity index is 4680. The van der Waals surface area contributed by atoms with E-state index in [2.05, 4.69) is 0 Å². The number of esters is 7. The van der Waals surface area contributed by atoms with Gasteiger partial charge in [0.05, 0.1) is 33.4 Å². The number of ether oxygens (including phenoxy) is 10. The summed E-state index contributed by atoms with van der Waals surface area (Å²) in [4.78, 5) is 100. The molecule has 0 aromatic heterocycles. The van der Waals surface area contributed by atoms with E-state index in [0.29, 0.717) is 48.5 Å². The molecule has 0 spiro atoms. The molecule has 0 amide bonds. The second kappa shape index (κ2) is 25.5. The summed E-state index contributed by atoms with van der Waals surface area (Å²) in [6.45, 7) is -2.65. The van der Waals surface area contributed by atoms with Crippen molar-refractivity contribution in [1.82, 2.24) is 0 Å². The molecule has 23 N–H and O–H groups in total. The average Bonchev–Trinajstić information content (AvgIpc) is 1.66. The Hall–Kier alpha value is -13.6. The summed E-state index contributed by atoms with van der Waals surface area (Å²) in [5.41, 5.74) is -12.7. The zero-order valence-corrected chi connectivity index (χ0v) is 49.6. The minimum absolute atomic E-state index is 0.190. The third-order valence-corrected chi connectivity index (χ3v) is 15.8. The molecule has 101 heavy (non-hydrogen) atoms. The largest absolute Gasteiger partial charge is 0.504 e. The summed E-state index contributed by atoms with van der Waals surface area (Å²) in [5.74, 6) is -44.1. The van der Waals surface area contributed by atoms with Crippen LogP contribution in [0.1, 0.15) is 72.5 Å². The predicted octanol–water partition coefficient (Wildman–Crippen LogP) is 0.789. The van der Waals surface area contributed by atoms with Gasteiger partial charge in [-0.3, -0.25) is 0 Å². The van der Waals surface area contributed by atoms with Crippen LogP contribution in [-0.2, 0) is 42.6 Å². The van der Waals surface area contributed by atoms with Crippen molar-refractivity contribution in [2.75, 3.05) is 13.2 Å². The number of hydrogen-bond acceptors (Lipinski definition) is 40. The van der Waals surface area contributed by atoms with Crippen molar-refractivity contribution in [1.29, 1.82) is 0 Å². The van der Waals surface area contributed by atoms with E-state index in [1.54, 1.807) is 0 Å². The van der Waals surface area contributed by atoms with Crippen molar-refractivity contribution in [3.05, 3.63) is 93.5 Å². The second-order valence-corrected chi connectivity index (χ2v) is 22.0. The first kappa shape index (κ1) is 68.8. The third kappa shape index (κ3) is 11.8. The van der Waals surface area contributed by atoms with Crippen LogP contribution in [0.5, 0.6) is 126 Å². The van der Waals surface area contributed by atoms with Crippen molar-refractivity contribution in [2.24, 2.45) is 0 Å². The summed E-state index contributed by atoms with van der Waals surface area (Å²) in [5, 5.41) is 249. The number of phenolic OH excluding ortho intramolecular Hbond substituents is 20. The van der Waals surface area contributed by atoms with E-state index in [1.165, 1.54) is 0 Å². The summed E-state index contributed by atoms with van der Waals surface area (Å²) >= 11 is 0. The van der Waals surface area contributed by atoms with Gasteiger partial charge in [0.25, 0.3) is 0 Å². The van der Waals surface area contributed by atoms with Gasteiger partial charge in [0, 0.05) is 34.4 Å². The van der Waals surface area contributed by atoms with Gasteiger partial charge in [-0.2, -0.15) is 0 Å². The fourth-order valence-electron chi connectivity index (χ4n) is 10.9. The smallest absolute Gasteiger partial charge is 0.342 e. The average molecular weight is 1420 g/mol. The summed E-state index contributed by atoms with van der Waals surface area (Å²) in [6.07, 6.45) is -24.9. The molecule has 10 unspecified atom stereocenters. The Morgan fingerprint density at radius 3 is 1.12 bits per heavy atom. The molecule has 0 bridgehead atoms. The van der Waals surface area contributed by atoms with Gasteiger partial charge in [-0.05, 0) is 42.5 Å². The van der Waals surface area contributed by atoms with Crippen LogP contribution in [0.2, 0.25) is 0 Å². The monoisotopic (exact) mass is 1420 g/mol. The van der Waals surface area contributed by atoms with Gasteiger partial charge in [0.2, 0.25) is 34.5 Å². The van der Waals surface area contributed by atoms with Gasteiger partial charge >= 0.3 is 41.8 Å². The number of aliphatic hydroxyl groups excluding tert-OH is 3. The molecule has 4 aliphatic rings. The van der Waals surface area contributed by atoms with E-state index < -0.39 is 304 Å². The molecule has 0 saturated carbocycles. The minimum Gasteiger partial charge on any atom is -0.504 e. The Morgan fingerprint density at radius 2 is 0.683 bits per heavy atom. The quantitative estimate of drug-likeness (QED) is 0.0568. The van der Waals surface area contributed by atoms with Crippen LogP contribution in [0.25, 0.3) is 22.3 Å². The van der Waals surface area contributed by atoms with Gasteiger partial charge in [-0.1, -0.05) is 0 Å². The van der Waals surface area contributed by atoms with Gasteiger partial charge in [0.1, 0.15) is 37.1 Å². The van der Waals surface area contributed by atoms with Crippen molar-refractivity contribution < 1.29 is 198 Å². The van der Waals surface area contributed by atoms with Crippen molar-refractivity contribution in [3.63, 3.8) is 0 Å². The molecule has 2 fully saturated rings. The molecular weight excluding hydrogens is 1370 g/mol. The summed E-state index contributed by atoms with van der Waals surface area (Å²) in [6, 6.07) is 3.58. The Balaban J connectivity index is 0.996. The Kier molecular flexibility index (Phi) is 17.3. The van der Waals surface area contributed by atoms with Crippen LogP contribution >= 0.6 is 0 Å². The van der Waals surface area contributed by atoms with Crippen LogP contribution in [0.15, 0.2) is 54.6 Å². The van der Waals surface area contributed by atoms with Crippen molar-refractivity contribution in [3.8, 4) is 149 Å². The van der Waals surface area contributed by atoms with E-state index in [9.17, 15) is 151 Å². The molecular formula is C61H46O40. The first-order valence-corrected chi connectivity index (χ1v) is 28.1. The molecule has 40 nitrogen and oxygen atoms in total. The van der Waals surface area contributed by atoms with E-state index in [-0.39, 0.29) is 6.07 Å².